The van der Waals surface area contributed by atoms with Crippen molar-refractivity contribution in [2.45, 2.75) is 25.8 Å². The number of anilines is 1. The number of carbonyl (C=O) groups excluding carboxylic acids is 1. The number of aromatic nitrogens is 1. The van der Waals surface area contributed by atoms with Gasteiger partial charge in [-0.1, -0.05) is 18.6 Å². The number of pyridine rings is 1. The highest BCUT2D eigenvalue weighted by molar-refractivity contribution is 6.05. The van der Waals surface area contributed by atoms with Crippen LogP contribution < -0.4 is 10.1 Å². The minimum absolute atomic E-state index is 0.238. The maximum Gasteiger partial charge on any atom is 0.291 e. The van der Waals surface area contributed by atoms with Crippen LogP contribution in [0.4, 0.5) is 5.69 Å². The van der Waals surface area contributed by atoms with Crippen molar-refractivity contribution in [1.29, 1.82) is 0 Å². The van der Waals surface area contributed by atoms with Gasteiger partial charge in [0.05, 0.1) is 12.6 Å². The summed E-state index contributed by atoms with van der Waals surface area (Å²) in [6.07, 6.45) is 3.90. The van der Waals surface area contributed by atoms with Gasteiger partial charge in [-0.15, -0.1) is 0 Å². The molecule has 0 atom stereocenters. The van der Waals surface area contributed by atoms with Gasteiger partial charge in [0.1, 0.15) is 5.75 Å². The van der Waals surface area contributed by atoms with E-state index in [-0.39, 0.29) is 11.7 Å². The molecule has 1 fully saturated rings. The SMILES string of the molecule is COc1ccc2nc3oc(C(=O)Nc4ccc(CN5CCCCC5)cc4)cc3cc2c1. The molecule has 0 saturated carbocycles. The molecular weight excluding hydrogens is 390 g/mol. The number of ether oxygens (including phenoxy) is 1. The number of benzene rings is 2. The van der Waals surface area contributed by atoms with E-state index in [1.54, 1.807) is 13.2 Å². The molecule has 6 heteroatoms. The lowest BCUT2D eigenvalue weighted by atomic mass is 10.1. The number of amides is 1. The number of likely N-dealkylation sites (tertiary alicyclic amines) is 1. The number of hydrogen-bond acceptors (Lipinski definition) is 5. The highest BCUT2D eigenvalue weighted by Gasteiger charge is 2.15. The number of methoxy groups -OCH3 is 1. The molecule has 4 aromatic rings. The highest BCUT2D eigenvalue weighted by atomic mass is 16.5. The first kappa shape index (κ1) is 19.6. The fourth-order valence-corrected chi connectivity index (χ4v) is 4.11. The Morgan fingerprint density at radius 2 is 1.84 bits per heavy atom. The summed E-state index contributed by atoms with van der Waals surface area (Å²) in [6.45, 7) is 3.29. The van der Waals surface area contributed by atoms with Crippen LogP contribution in [0.3, 0.4) is 0 Å². The second-order valence-electron chi connectivity index (χ2n) is 8.04. The lowest BCUT2D eigenvalue weighted by molar-refractivity contribution is 0.0998. The Morgan fingerprint density at radius 1 is 1.03 bits per heavy atom. The number of rotatable bonds is 5. The van der Waals surface area contributed by atoms with Gasteiger partial charge < -0.3 is 14.5 Å². The average Bonchev–Trinajstić information content (AvgIpc) is 3.22. The molecule has 3 heterocycles. The van der Waals surface area contributed by atoms with Crippen molar-refractivity contribution in [2.24, 2.45) is 0 Å². The minimum Gasteiger partial charge on any atom is -0.497 e. The summed E-state index contributed by atoms with van der Waals surface area (Å²) in [4.78, 5) is 19.7. The van der Waals surface area contributed by atoms with Crippen molar-refractivity contribution < 1.29 is 13.9 Å². The summed E-state index contributed by atoms with van der Waals surface area (Å²) in [6, 6.07) is 17.4. The van der Waals surface area contributed by atoms with Crippen LogP contribution in [0.5, 0.6) is 5.75 Å². The maximum atomic E-state index is 12.7. The molecule has 5 rings (SSSR count). The van der Waals surface area contributed by atoms with Crippen molar-refractivity contribution in [1.82, 2.24) is 9.88 Å². The van der Waals surface area contributed by atoms with E-state index in [1.165, 1.54) is 37.9 Å². The molecule has 0 unspecified atom stereocenters. The number of carbonyl (C=O) groups is 1. The molecule has 2 aromatic carbocycles. The van der Waals surface area contributed by atoms with Gasteiger partial charge >= 0.3 is 0 Å². The van der Waals surface area contributed by atoms with Gasteiger partial charge in [-0.25, -0.2) is 4.98 Å². The Morgan fingerprint density at radius 3 is 2.61 bits per heavy atom. The van der Waals surface area contributed by atoms with E-state index in [1.807, 2.05) is 36.4 Å². The van der Waals surface area contributed by atoms with Crippen molar-refractivity contribution in [2.75, 3.05) is 25.5 Å². The van der Waals surface area contributed by atoms with Gasteiger partial charge in [0.15, 0.2) is 5.76 Å². The van der Waals surface area contributed by atoms with E-state index in [0.29, 0.717) is 5.71 Å². The molecule has 0 radical (unpaired) electrons. The van der Waals surface area contributed by atoms with Gasteiger partial charge in [-0.3, -0.25) is 9.69 Å². The third-order valence-corrected chi connectivity index (χ3v) is 5.80. The van der Waals surface area contributed by atoms with Crippen molar-refractivity contribution in [3.8, 4) is 5.75 Å². The Balaban J connectivity index is 1.30. The second kappa shape index (κ2) is 8.40. The van der Waals surface area contributed by atoms with Crippen LogP contribution in [0.2, 0.25) is 0 Å². The first-order valence-corrected chi connectivity index (χ1v) is 10.7. The van der Waals surface area contributed by atoms with Crippen LogP contribution in [-0.2, 0) is 6.54 Å². The zero-order chi connectivity index (χ0) is 21.2. The lowest BCUT2D eigenvalue weighted by Gasteiger charge is -2.26. The molecule has 0 bridgehead atoms. The molecule has 1 saturated heterocycles. The summed E-state index contributed by atoms with van der Waals surface area (Å²) < 4.78 is 11.0. The largest absolute Gasteiger partial charge is 0.497 e. The second-order valence-corrected chi connectivity index (χ2v) is 8.04. The van der Waals surface area contributed by atoms with Gasteiger partial charge in [-0.2, -0.15) is 0 Å². The number of piperidine rings is 1. The summed E-state index contributed by atoms with van der Waals surface area (Å²) in [5.41, 5.74) is 3.24. The van der Waals surface area contributed by atoms with Crippen LogP contribution in [-0.4, -0.2) is 36.0 Å². The van der Waals surface area contributed by atoms with E-state index in [4.69, 9.17) is 9.15 Å². The van der Waals surface area contributed by atoms with Gasteiger partial charge in [0, 0.05) is 23.0 Å². The third kappa shape index (κ3) is 4.25. The van der Waals surface area contributed by atoms with Crippen LogP contribution in [0, 0.1) is 0 Å². The van der Waals surface area contributed by atoms with Crippen molar-refractivity contribution >= 4 is 33.6 Å². The predicted molar refractivity (Wildman–Crippen MR) is 122 cm³/mol. The van der Waals surface area contributed by atoms with E-state index >= 15 is 0 Å². The van der Waals surface area contributed by atoms with E-state index in [9.17, 15) is 4.79 Å². The standard InChI is InChI=1S/C25H25N3O3/c1-30-21-9-10-22-18(14-21)13-19-15-23(31-25(19)27-22)24(29)26-20-7-5-17(6-8-20)16-28-11-3-2-4-12-28/h5-10,13-15H,2-4,11-12,16H2,1H3,(H,26,29). The van der Waals surface area contributed by atoms with Crippen LogP contribution in [0.15, 0.2) is 59.0 Å². The fourth-order valence-electron chi connectivity index (χ4n) is 4.11. The Hall–Kier alpha value is -3.38. The predicted octanol–water partition coefficient (Wildman–Crippen LogP) is 5.23. The summed E-state index contributed by atoms with van der Waals surface area (Å²) in [5.74, 6) is 0.712. The average molecular weight is 415 g/mol. The van der Waals surface area contributed by atoms with Crippen LogP contribution in [0.25, 0.3) is 22.0 Å². The molecule has 158 valence electrons. The van der Waals surface area contributed by atoms with Crippen LogP contribution >= 0.6 is 0 Å². The molecule has 0 spiro atoms. The zero-order valence-corrected chi connectivity index (χ0v) is 17.6. The molecule has 0 aliphatic carbocycles. The third-order valence-electron chi connectivity index (χ3n) is 5.80. The van der Waals surface area contributed by atoms with Gasteiger partial charge in [-0.05, 0) is 74.0 Å². The normalized spacial score (nSPS) is 14.7. The molecule has 1 amide bonds. The number of nitrogens with zero attached hydrogens (tertiary/aromatic N) is 2. The Bertz CT molecular complexity index is 1220. The number of furan rings is 1. The molecule has 6 nitrogen and oxygen atoms in total. The summed E-state index contributed by atoms with van der Waals surface area (Å²) in [5, 5.41) is 4.63. The zero-order valence-electron chi connectivity index (χ0n) is 17.6. The number of hydrogen-bond donors (Lipinski definition) is 1. The van der Waals surface area contributed by atoms with Gasteiger partial charge in [0.2, 0.25) is 5.71 Å². The molecule has 1 N–H and O–H groups in total. The first-order valence-electron chi connectivity index (χ1n) is 10.7. The first-order chi connectivity index (χ1) is 15.2. The van der Waals surface area contributed by atoms with Crippen LogP contribution in [0.1, 0.15) is 35.4 Å². The number of fused-ring (bicyclic) bond motifs is 2. The Labute approximate surface area is 180 Å². The molecule has 1 aliphatic heterocycles. The molecule has 2 aromatic heterocycles. The quantitative estimate of drug-likeness (QED) is 0.484. The summed E-state index contributed by atoms with van der Waals surface area (Å²) in [7, 11) is 1.63. The topological polar surface area (TPSA) is 67.6 Å². The van der Waals surface area contributed by atoms with Crippen molar-refractivity contribution in [3.05, 3.63) is 65.9 Å². The highest BCUT2D eigenvalue weighted by Crippen LogP contribution is 2.26. The molecule has 31 heavy (non-hydrogen) atoms. The van der Waals surface area contributed by atoms with E-state index in [0.717, 1.165) is 34.3 Å². The Kier molecular flexibility index (Phi) is 5.30. The number of nitrogens with one attached hydrogen (secondary N) is 1. The maximum absolute atomic E-state index is 12.7. The molecular formula is C25H25N3O3. The smallest absolute Gasteiger partial charge is 0.291 e. The summed E-state index contributed by atoms with van der Waals surface area (Å²) >= 11 is 0. The van der Waals surface area contributed by atoms with Crippen molar-refractivity contribution in [3.63, 3.8) is 0 Å². The minimum atomic E-state index is -0.289. The molecule has 1 aliphatic rings. The van der Waals surface area contributed by atoms with Gasteiger partial charge in [0.25, 0.3) is 5.91 Å². The van der Waals surface area contributed by atoms with E-state index in [2.05, 4.69) is 27.3 Å². The lowest BCUT2D eigenvalue weighted by Crippen LogP contribution is -2.29. The fraction of sp³-hybridized carbons (Fsp3) is 0.280. The van der Waals surface area contributed by atoms with E-state index < -0.39 is 0 Å². The monoisotopic (exact) mass is 415 g/mol.